The largest absolute Gasteiger partial charge is 0.457 e. The van der Waals surface area contributed by atoms with Crippen molar-refractivity contribution in [2.24, 2.45) is 0 Å². The molecule has 2 heterocycles. The van der Waals surface area contributed by atoms with Gasteiger partial charge in [0.2, 0.25) is 6.43 Å². The summed E-state index contributed by atoms with van der Waals surface area (Å²) in [6, 6.07) is 21.4. The van der Waals surface area contributed by atoms with Gasteiger partial charge >= 0.3 is 6.03 Å². The second-order valence-electron chi connectivity index (χ2n) is 8.04. The lowest BCUT2D eigenvalue weighted by atomic mass is 10.0. The van der Waals surface area contributed by atoms with E-state index in [1.54, 1.807) is 48.8 Å². The molecule has 0 fully saturated rings. The highest BCUT2D eigenvalue weighted by atomic mass is 19.3. The lowest BCUT2D eigenvalue weighted by Crippen LogP contribution is -2.19. The van der Waals surface area contributed by atoms with Crippen LogP contribution in [0.25, 0.3) is 21.8 Å². The number of aromatic amines is 1. The van der Waals surface area contributed by atoms with Crippen LogP contribution in [0.3, 0.4) is 0 Å². The topological polar surface area (TPSA) is 79.0 Å². The second-order valence-corrected chi connectivity index (χ2v) is 8.04. The first kappa shape index (κ1) is 22.3. The number of urea groups is 1. The first-order valence-electron chi connectivity index (χ1n) is 11.1. The summed E-state index contributed by atoms with van der Waals surface area (Å²) in [6.45, 7) is 0. The molecule has 35 heavy (non-hydrogen) atoms. The molecule has 0 saturated carbocycles. The van der Waals surface area contributed by atoms with Gasteiger partial charge in [-0.3, -0.25) is 0 Å². The number of nitrogens with one attached hydrogen (secondary N) is 3. The zero-order chi connectivity index (χ0) is 24.2. The molecule has 6 nitrogen and oxygen atoms in total. The van der Waals surface area contributed by atoms with Crippen molar-refractivity contribution in [3.63, 3.8) is 0 Å². The highest BCUT2D eigenvalue weighted by Gasteiger charge is 2.09. The molecule has 3 aromatic carbocycles. The number of hydrogen-bond acceptors (Lipinski definition) is 3. The van der Waals surface area contributed by atoms with Gasteiger partial charge in [-0.1, -0.05) is 24.3 Å². The van der Waals surface area contributed by atoms with Crippen molar-refractivity contribution in [1.82, 2.24) is 9.97 Å². The molecule has 3 N–H and O–H groups in total. The van der Waals surface area contributed by atoms with Crippen molar-refractivity contribution in [3.05, 3.63) is 90.8 Å². The lowest BCUT2D eigenvalue weighted by Gasteiger charge is -2.11. The molecule has 176 valence electrons. The fourth-order valence-corrected chi connectivity index (χ4v) is 3.96. The van der Waals surface area contributed by atoms with Crippen LogP contribution in [-0.4, -0.2) is 22.4 Å². The number of alkyl halides is 2. The molecular weight excluding hydrogens is 450 g/mol. The van der Waals surface area contributed by atoms with Gasteiger partial charge in [0.25, 0.3) is 0 Å². The summed E-state index contributed by atoms with van der Waals surface area (Å²) in [4.78, 5) is 19.8. The van der Waals surface area contributed by atoms with Gasteiger partial charge in [0.1, 0.15) is 17.1 Å². The molecule has 0 aliphatic heterocycles. The maximum Gasteiger partial charge on any atom is 0.323 e. The average molecular weight is 472 g/mol. The molecule has 8 heteroatoms. The molecular formula is C27H22F2N4O2. The number of ether oxygens (including phenoxy) is 1. The first-order chi connectivity index (χ1) is 17.0. The number of H-pyrrole nitrogens is 1. The number of carbonyl (C=O) groups excluding carboxylic acids is 1. The number of benzene rings is 3. The minimum absolute atomic E-state index is 0.176. The number of hydrogen-bond donors (Lipinski definition) is 3. The summed E-state index contributed by atoms with van der Waals surface area (Å²) in [5, 5.41) is 8.27. The Bertz CT molecular complexity index is 1480. The SMILES string of the molecule is O=C(Nc1ccc(Oc2ccnc3[nH]ccc23)cc1)Nc1ccc2c(CCC(F)F)cccc2c1. The summed E-state index contributed by atoms with van der Waals surface area (Å²) < 4.78 is 31.2. The number of nitrogens with zero attached hydrogens (tertiary/aromatic N) is 1. The molecule has 2 aromatic heterocycles. The quantitative estimate of drug-likeness (QED) is 0.232. The fourth-order valence-electron chi connectivity index (χ4n) is 3.96. The molecule has 2 amide bonds. The van der Waals surface area contributed by atoms with Gasteiger partial charge in [-0.05, 0) is 71.3 Å². The maximum absolute atomic E-state index is 12.6. The van der Waals surface area contributed by atoms with Crippen molar-refractivity contribution in [1.29, 1.82) is 0 Å². The highest BCUT2D eigenvalue weighted by molar-refractivity contribution is 6.01. The number of carbonyl (C=O) groups is 1. The second kappa shape index (κ2) is 9.80. The molecule has 0 aliphatic rings. The third-order valence-electron chi connectivity index (χ3n) is 5.62. The van der Waals surface area contributed by atoms with Crippen LogP contribution in [0.15, 0.2) is 85.2 Å². The standard InChI is InChI=1S/C27H22F2N4O2/c28-25(29)11-4-17-2-1-3-18-16-20(7-10-22(17)18)33-27(34)32-19-5-8-21(9-6-19)35-24-13-15-31-26-23(24)12-14-30-26/h1-3,5-10,12-16,25H,4,11H2,(H,30,31)(H2,32,33,34). The lowest BCUT2D eigenvalue weighted by molar-refractivity contribution is 0.138. The Kier molecular flexibility index (Phi) is 6.26. The Morgan fingerprint density at radius 2 is 1.74 bits per heavy atom. The Labute approximate surface area is 200 Å². The van der Waals surface area contributed by atoms with E-state index >= 15 is 0 Å². The summed E-state index contributed by atoms with van der Waals surface area (Å²) in [6.07, 6.45) is 1.27. The maximum atomic E-state index is 12.6. The minimum Gasteiger partial charge on any atom is -0.457 e. The van der Waals surface area contributed by atoms with E-state index in [4.69, 9.17) is 4.74 Å². The van der Waals surface area contributed by atoms with Gasteiger partial charge < -0.3 is 20.4 Å². The third kappa shape index (κ3) is 5.22. The number of halogens is 2. The first-order valence-corrected chi connectivity index (χ1v) is 11.1. The molecule has 0 saturated heterocycles. The van der Waals surface area contributed by atoms with Crippen molar-refractivity contribution >= 4 is 39.2 Å². The zero-order valence-electron chi connectivity index (χ0n) is 18.6. The molecule has 0 unspecified atom stereocenters. The predicted octanol–water partition coefficient (Wildman–Crippen LogP) is 7.35. The van der Waals surface area contributed by atoms with Crippen LogP contribution in [0, 0.1) is 0 Å². The van der Waals surface area contributed by atoms with Gasteiger partial charge in [-0.15, -0.1) is 0 Å². The van der Waals surface area contributed by atoms with Crippen molar-refractivity contribution < 1.29 is 18.3 Å². The molecule has 0 atom stereocenters. The molecule has 0 radical (unpaired) electrons. The number of pyridine rings is 1. The number of aromatic nitrogens is 2. The third-order valence-corrected chi connectivity index (χ3v) is 5.62. The number of fused-ring (bicyclic) bond motifs is 2. The Morgan fingerprint density at radius 1 is 0.943 bits per heavy atom. The van der Waals surface area contributed by atoms with Crippen LogP contribution >= 0.6 is 0 Å². The van der Waals surface area contributed by atoms with Crippen LogP contribution in [0.5, 0.6) is 11.5 Å². The van der Waals surface area contributed by atoms with Crippen molar-refractivity contribution in [2.75, 3.05) is 10.6 Å². The van der Waals surface area contributed by atoms with Crippen LogP contribution in [0.1, 0.15) is 12.0 Å². The average Bonchev–Trinajstić information content (AvgIpc) is 3.34. The normalized spacial score (nSPS) is 11.2. The van der Waals surface area contributed by atoms with E-state index < -0.39 is 12.5 Å². The molecule has 0 bridgehead atoms. The molecule has 5 aromatic rings. The number of aryl methyl sites for hydroxylation is 1. The van der Waals surface area contributed by atoms with Crippen LogP contribution in [0.2, 0.25) is 0 Å². The van der Waals surface area contributed by atoms with Gasteiger partial charge in [0.15, 0.2) is 0 Å². The van der Waals surface area contributed by atoms with E-state index in [0.717, 1.165) is 27.4 Å². The number of anilines is 2. The van der Waals surface area contributed by atoms with Crippen LogP contribution in [0.4, 0.5) is 25.0 Å². The molecule has 0 spiro atoms. The summed E-state index contributed by atoms with van der Waals surface area (Å²) >= 11 is 0. The van der Waals surface area contributed by atoms with E-state index in [1.807, 2.05) is 36.4 Å². The van der Waals surface area contributed by atoms with E-state index in [1.165, 1.54) is 0 Å². The molecule has 0 aliphatic carbocycles. The highest BCUT2D eigenvalue weighted by Crippen LogP contribution is 2.29. The van der Waals surface area contributed by atoms with Gasteiger partial charge in [-0.25, -0.2) is 18.6 Å². The Hall–Kier alpha value is -4.46. The van der Waals surface area contributed by atoms with Crippen molar-refractivity contribution in [2.45, 2.75) is 19.3 Å². The van der Waals surface area contributed by atoms with Gasteiger partial charge in [0, 0.05) is 30.2 Å². The van der Waals surface area contributed by atoms with Crippen molar-refractivity contribution in [3.8, 4) is 11.5 Å². The summed E-state index contributed by atoms with van der Waals surface area (Å²) in [7, 11) is 0. The summed E-state index contributed by atoms with van der Waals surface area (Å²) in [5.41, 5.74) is 2.82. The van der Waals surface area contributed by atoms with Crippen LogP contribution < -0.4 is 15.4 Å². The van der Waals surface area contributed by atoms with E-state index in [-0.39, 0.29) is 6.42 Å². The number of amides is 2. The molecule has 5 rings (SSSR count). The zero-order valence-corrected chi connectivity index (χ0v) is 18.6. The minimum atomic E-state index is -2.33. The van der Waals surface area contributed by atoms with E-state index in [9.17, 15) is 13.6 Å². The number of rotatable bonds is 7. The van der Waals surface area contributed by atoms with E-state index in [2.05, 4.69) is 20.6 Å². The summed E-state index contributed by atoms with van der Waals surface area (Å²) in [5.74, 6) is 1.31. The monoisotopic (exact) mass is 472 g/mol. The van der Waals surface area contributed by atoms with Gasteiger partial charge in [-0.2, -0.15) is 0 Å². The van der Waals surface area contributed by atoms with Crippen LogP contribution in [-0.2, 0) is 6.42 Å². The Balaban J connectivity index is 1.22. The van der Waals surface area contributed by atoms with E-state index in [0.29, 0.717) is 29.3 Å². The smallest absolute Gasteiger partial charge is 0.323 e. The predicted molar refractivity (Wildman–Crippen MR) is 134 cm³/mol. The Morgan fingerprint density at radius 3 is 2.57 bits per heavy atom. The van der Waals surface area contributed by atoms with Gasteiger partial charge in [0.05, 0.1) is 5.39 Å². The fraction of sp³-hybridized carbons (Fsp3) is 0.111.